The first-order chi connectivity index (χ1) is 9.74. The second kappa shape index (κ2) is 73.1. The van der Waals surface area contributed by atoms with Crippen molar-refractivity contribution in [2.24, 2.45) is 0 Å². The van der Waals surface area contributed by atoms with E-state index in [-0.39, 0.29) is 63.0 Å². The van der Waals surface area contributed by atoms with Crippen molar-refractivity contribution in [2.75, 3.05) is 39.3 Å². The molecule has 166 valence electrons. The van der Waals surface area contributed by atoms with Gasteiger partial charge < -0.3 is 53.1 Å². The third-order valence-electron chi connectivity index (χ3n) is 2.09. The third-order valence-corrected chi connectivity index (χ3v) is 2.09. The van der Waals surface area contributed by atoms with Crippen LogP contribution in [0.1, 0.15) is 48.0 Å². The Hall–Kier alpha value is 0.230. The smallest absolute Gasteiger partial charge is 0 e. The molecular weight excluding hydrogens is 485 g/mol. The van der Waals surface area contributed by atoms with Gasteiger partial charge in [0.2, 0.25) is 0 Å². The molecule has 0 atom stereocenters. The first kappa shape index (κ1) is 56.2. The summed E-state index contributed by atoms with van der Waals surface area (Å²) in [4.78, 5) is 0. The fraction of sp³-hybridized carbons (Fsp3) is 0.591. The summed E-state index contributed by atoms with van der Waals surface area (Å²) in [7, 11) is 0. The van der Waals surface area contributed by atoms with Crippen molar-refractivity contribution in [3.05, 3.63) is 61.4 Å². The second-order valence-corrected chi connectivity index (χ2v) is 3.87. The molecule has 4 heteroatoms. The van der Waals surface area contributed by atoms with Gasteiger partial charge in [0, 0.05) is 25.8 Å². The van der Waals surface area contributed by atoms with Crippen molar-refractivity contribution < 1.29 is 25.8 Å². The van der Waals surface area contributed by atoms with Gasteiger partial charge in [-0.2, -0.15) is 6.08 Å². The molecule has 0 aromatic rings. The van der Waals surface area contributed by atoms with E-state index < -0.39 is 0 Å². The maximum Gasteiger partial charge on any atom is 0 e. The molecule has 0 saturated carbocycles. The third kappa shape index (κ3) is 104. The summed E-state index contributed by atoms with van der Waals surface area (Å²) < 4.78 is 0. The van der Waals surface area contributed by atoms with Gasteiger partial charge in [0.05, 0.1) is 0 Å². The largest absolute Gasteiger partial charge is 0.358 e. The predicted molar refractivity (Wildman–Crippen MR) is 126 cm³/mol. The normalized spacial score (nSPS) is 8.23. The van der Waals surface area contributed by atoms with Gasteiger partial charge in [0.15, 0.2) is 0 Å². The fourth-order valence-electron chi connectivity index (χ4n) is 1.09. The van der Waals surface area contributed by atoms with Crippen LogP contribution < -0.4 is 16.0 Å². The Balaban J connectivity index is -0.0000000197. The molecule has 3 N–H and O–H groups in total. The molecule has 0 saturated heterocycles. The van der Waals surface area contributed by atoms with Crippen LogP contribution in [0, 0.1) is 43.2 Å². The average Bonchev–Trinajstić information content (AvgIpc) is 3.02. The van der Waals surface area contributed by atoms with E-state index in [4.69, 9.17) is 0 Å². The van der Waals surface area contributed by atoms with Crippen molar-refractivity contribution in [2.45, 2.75) is 48.0 Å². The van der Waals surface area contributed by atoms with E-state index >= 15 is 0 Å². The molecule has 0 unspecified atom stereocenters. The quantitative estimate of drug-likeness (QED) is 0.313. The van der Waals surface area contributed by atoms with Crippen molar-refractivity contribution in [1.29, 1.82) is 0 Å². The van der Waals surface area contributed by atoms with Crippen molar-refractivity contribution in [3.8, 4) is 0 Å². The molecule has 0 amide bonds. The van der Waals surface area contributed by atoms with Crippen LogP contribution in [0.5, 0.6) is 0 Å². The Labute approximate surface area is 190 Å². The summed E-state index contributed by atoms with van der Waals surface area (Å²) >= 11 is 0. The van der Waals surface area contributed by atoms with Crippen molar-refractivity contribution in [3.63, 3.8) is 0 Å². The van der Waals surface area contributed by atoms with Crippen LogP contribution in [0.2, 0.25) is 0 Å². The molecule has 26 heavy (non-hydrogen) atoms. The molecule has 0 aromatic heterocycles. The number of allylic oxidation sites excluding steroid dienone is 4. The summed E-state index contributed by atoms with van der Waals surface area (Å²) in [6, 6.07) is 0. The summed E-state index contributed by atoms with van der Waals surface area (Å²) in [5, 5.41) is 9.33. The van der Waals surface area contributed by atoms with Gasteiger partial charge in [-0.15, -0.1) is 6.42 Å². The van der Waals surface area contributed by atoms with E-state index in [9.17, 15) is 0 Å². The van der Waals surface area contributed by atoms with E-state index in [0.717, 1.165) is 45.7 Å². The molecule has 1 rings (SSSR count). The van der Waals surface area contributed by atoms with Crippen LogP contribution in [-0.2, 0) is 25.8 Å². The molecule has 3 nitrogen and oxygen atoms in total. The van der Waals surface area contributed by atoms with Crippen LogP contribution in [-0.4, -0.2) is 39.3 Å². The molecule has 1 aliphatic rings. The van der Waals surface area contributed by atoms with Gasteiger partial charge in [-0.05, 0) is 39.3 Å². The maximum absolute atomic E-state index is 3.11. The molecule has 0 fully saturated rings. The van der Waals surface area contributed by atoms with Crippen LogP contribution in [0.15, 0.2) is 18.2 Å². The van der Waals surface area contributed by atoms with Crippen molar-refractivity contribution in [1.82, 2.24) is 16.0 Å². The standard InChI is InChI=1S/C5H5.3C4H11N.5CH3.Hf/c1-2-4-5-3-1;3*1-3-5-4-2;;;;;;/h1-3H,4H2;3*5H,3-4H2,1-2H3;5*1H3;/q-1;;;;5*-1;. The van der Waals surface area contributed by atoms with E-state index in [0.29, 0.717) is 0 Å². The van der Waals surface area contributed by atoms with Crippen LogP contribution in [0.3, 0.4) is 0 Å². The topological polar surface area (TPSA) is 36.1 Å². The van der Waals surface area contributed by atoms with E-state index in [1.54, 1.807) is 0 Å². The zero-order valence-electron chi connectivity index (χ0n) is 20.2. The minimum atomic E-state index is 0. The van der Waals surface area contributed by atoms with Gasteiger partial charge in [-0.3, -0.25) is 6.08 Å². The van der Waals surface area contributed by atoms with Gasteiger partial charge in [0.1, 0.15) is 0 Å². The number of rotatable bonds is 6. The molecular formula is C22H53HfN3-6. The molecule has 0 aromatic carbocycles. The molecule has 0 radical (unpaired) electrons. The minimum Gasteiger partial charge on any atom is -0.358 e. The van der Waals surface area contributed by atoms with E-state index in [1.165, 1.54) is 0 Å². The number of nitrogens with one attached hydrogen (secondary N) is 3. The summed E-state index contributed by atoms with van der Waals surface area (Å²) in [6.45, 7) is 19.2. The van der Waals surface area contributed by atoms with Gasteiger partial charge in [0.25, 0.3) is 0 Å². The molecule has 0 spiro atoms. The Morgan fingerprint density at radius 1 is 0.615 bits per heavy atom. The van der Waals surface area contributed by atoms with E-state index in [2.05, 4.69) is 69.6 Å². The predicted octanol–water partition coefficient (Wildman–Crippen LogP) is 5.40. The Morgan fingerprint density at radius 3 is 0.923 bits per heavy atom. The second-order valence-electron chi connectivity index (χ2n) is 3.87. The Bertz CT molecular complexity index is 154. The van der Waals surface area contributed by atoms with Crippen LogP contribution >= 0.6 is 0 Å². The van der Waals surface area contributed by atoms with Crippen LogP contribution in [0.25, 0.3) is 0 Å². The van der Waals surface area contributed by atoms with Gasteiger partial charge >= 0.3 is 0 Å². The number of hydrogen-bond acceptors (Lipinski definition) is 3. The summed E-state index contributed by atoms with van der Waals surface area (Å²) in [6.07, 6.45) is 10.0. The molecule has 0 heterocycles. The Morgan fingerprint density at radius 2 is 0.885 bits per heavy atom. The number of hydrogen-bond donors (Lipinski definition) is 3. The van der Waals surface area contributed by atoms with Crippen LogP contribution in [0.4, 0.5) is 0 Å². The summed E-state index contributed by atoms with van der Waals surface area (Å²) in [5.74, 6) is 0. The van der Waals surface area contributed by atoms with Gasteiger partial charge in [-0.1, -0.05) is 41.5 Å². The summed E-state index contributed by atoms with van der Waals surface area (Å²) in [5.41, 5.74) is 0. The molecule has 1 aliphatic carbocycles. The first-order valence-electron chi connectivity index (χ1n) is 8.08. The molecule has 0 aliphatic heterocycles. The average molecular weight is 538 g/mol. The van der Waals surface area contributed by atoms with E-state index in [1.807, 2.05) is 12.2 Å². The fourth-order valence-corrected chi connectivity index (χ4v) is 1.09. The zero-order valence-corrected chi connectivity index (χ0v) is 23.8. The zero-order chi connectivity index (χ0) is 15.9. The monoisotopic (exact) mass is 539 g/mol. The maximum atomic E-state index is 3.11. The Kier molecular flexibility index (Phi) is 158. The van der Waals surface area contributed by atoms with Crippen molar-refractivity contribution >= 4 is 0 Å². The minimum absolute atomic E-state index is 0. The SMILES string of the molecule is CCNCC.CCNCC.CCNCC.[C-]1=CC=CC1.[CH3-].[CH3-].[CH3-].[CH3-].[CH3-].[Hf]. The first-order valence-corrected chi connectivity index (χ1v) is 8.08. The molecule has 0 bridgehead atoms. The van der Waals surface area contributed by atoms with Gasteiger partial charge in [-0.25, -0.2) is 12.2 Å².